The van der Waals surface area contributed by atoms with Gasteiger partial charge in [-0.25, -0.2) is 0 Å². The molecule has 0 heterocycles. The Bertz CT molecular complexity index is 494. The van der Waals surface area contributed by atoms with Crippen LogP contribution in [-0.4, -0.2) is 22.6 Å². The number of hydrogen-bond acceptors (Lipinski definition) is 4. The van der Waals surface area contributed by atoms with Crippen LogP contribution in [-0.2, 0) is 11.2 Å². The van der Waals surface area contributed by atoms with Gasteiger partial charge in [0, 0.05) is 0 Å². The van der Waals surface area contributed by atoms with Crippen molar-refractivity contribution in [1.29, 1.82) is 0 Å². The fraction of sp³-hybridized carbons (Fsp3) is 0.222. The molecule has 0 saturated heterocycles. The lowest BCUT2D eigenvalue weighted by Gasteiger charge is -2.08. The molecule has 1 aromatic rings. The Morgan fingerprint density at radius 1 is 1.56 bits per heavy atom. The SMILES string of the molecule is O=C(O)Cc1c(Cl)cc(OC(F)F)cc1[N+](=O)[O-]. The third-order valence-electron chi connectivity index (χ3n) is 1.90. The number of nitro benzene ring substituents is 1. The Labute approximate surface area is 104 Å². The van der Waals surface area contributed by atoms with Gasteiger partial charge in [-0.15, -0.1) is 0 Å². The predicted molar refractivity (Wildman–Crippen MR) is 56.1 cm³/mol. The molecule has 0 amide bonds. The fourth-order valence-corrected chi connectivity index (χ4v) is 1.53. The Kier molecular flexibility index (Phi) is 4.38. The monoisotopic (exact) mass is 281 g/mol. The molecule has 1 N–H and O–H groups in total. The standard InChI is InChI=1S/C9H6ClF2NO5/c10-6-1-4(18-9(11)12)2-7(13(16)17)5(6)3-8(14)15/h1-2,9H,3H2,(H,14,15). The number of aliphatic carboxylic acids is 1. The lowest BCUT2D eigenvalue weighted by atomic mass is 10.1. The molecule has 18 heavy (non-hydrogen) atoms. The number of alkyl halides is 2. The maximum atomic E-state index is 12.0. The number of halogens is 3. The molecule has 0 aliphatic heterocycles. The van der Waals surface area contributed by atoms with Gasteiger partial charge in [-0.3, -0.25) is 14.9 Å². The molecule has 0 aliphatic rings. The molecule has 6 nitrogen and oxygen atoms in total. The second kappa shape index (κ2) is 5.58. The first-order valence-corrected chi connectivity index (χ1v) is 4.82. The van der Waals surface area contributed by atoms with Gasteiger partial charge < -0.3 is 9.84 Å². The highest BCUT2D eigenvalue weighted by Gasteiger charge is 2.22. The van der Waals surface area contributed by atoms with E-state index in [1.807, 2.05) is 0 Å². The van der Waals surface area contributed by atoms with E-state index in [9.17, 15) is 23.7 Å². The topological polar surface area (TPSA) is 89.7 Å². The van der Waals surface area contributed by atoms with E-state index in [1.54, 1.807) is 0 Å². The zero-order chi connectivity index (χ0) is 13.9. The number of carbonyl (C=O) groups is 1. The van der Waals surface area contributed by atoms with Crippen molar-refractivity contribution in [1.82, 2.24) is 0 Å². The van der Waals surface area contributed by atoms with Gasteiger partial charge in [0.15, 0.2) is 0 Å². The summed E-state index contributed by atoms with van der Waals surface area (Å²) in [6.45, 7) is -3.16. The predicted octanol–water partition coefficient (Wildman–Crippen LogP) is 2.48. The second-order valence-corrected chi connectivity index (χ2v) is 3.52. The highest BCUT2D eigenvalue weighted by molar-refractivity contribution is 6.32. The third kappa shape index (κ3) is 3.52. The minimum Gasteiger partial charge on any atom is -0.481 e. The maximum Gasteiger partial charge on any atom is 0.387 e. The first-order valence-electron chi connectivity index (χ1n) is 4.44. The zero-order valence-corrected chi connectivity index (χ0v) is 9.36. The van der Waals surface area contributed by atoms with E-state index in [0.717, 1.165) is 6.07 Å². The minimum atomic E-state index is -3.16. The molecular weight excluding hydrogens is 276 g/mol. The number of rotatable bonds is 5. The highest BCUT2D eigenvalue weighted by Crippen LogP contribution is 2.33. The highest BCUT2D eigenvalue weighted by atomic mass is 35.5. The van der Waals surface area contributed by atoms with Gasteiger partial charge in [0.2, 0.25) is 0 Å². The van der Waals surface area contributed by atoms with E-state index < -0.39 is 35.4 Å². The van der Waals surface area contributed by atoms with E-state index in [-0.39, 0.29) is 10.6 Å². The fourth-order valence-electron chi connectivity index (χ4n) is 1.26. The molecular formula is C9H6ClF2NO5. The third-order valence-corrected chi connectivity index (χ3v) is 2.23. The molecule has 98 valence electrons. The van der Waals surface area contributed by atoms with Gasteiger partial charge in [0.1, 0.15) is 5.75 Å². The molecule has 0 atom stereocenters. The summed E-state index contributed by atoms with van der Waals surface area (Å²) in [4.78, 5) is 20.3. The lowest BCUT2D eigenvalue weighted by molar-refractivity contribution is -0.385. The number of carboxylic acids is 1. The van der Waals surface area contributed by atoms with Crippen LogP contribution >= 0.6 is 11.6 Å². The van der Waals surface area contributed by atoms with Crippen LogP contribution in [0.1, 0.15) is 5.56 Å². The molecule has 1 rings (SSSR count). The Morgan fingerprint density at radius 3 is 2.61 bits per heavy atom. The average Bonchev–Trinajstić information content (AvgIpc) is 2.19. The minimum absolute atomic E-state index is 0.268. The molecule has 0 aromatic heterocycles. The van der Waals surface area contributed by atoms with Gasteiger partial charge in [-0.05, 0) is 6.07 Å². The second-order valence-electron chi connectivity index (χ2n) is 3.11. The van der Waals surface area contributed by atoms with Gasteiger partial charge in [0.25, 0.3) is 5.69 Å². The van der Waals surface area contributed by atoms with Crippen LogP contribution in [0, 0.1) is 10.1 Å². The van der Waals surface area contributed by atoms with Crippen molar-refractivity contribution in [2.75, 3.05) is 0 Å². The summed E-state index contributed by atoms with van der Waals surface area (Å²) in [7, 11) is 0. The van der Waals surface area contributed by atoms with Crippen LogP contribution in [0.3, 0.4) is 0 Å². The number of carboxylic acid groups (broad SMARTS) is 1. The Hall–Kier alpha value is -1.96. The number of ether oxygens (including phenoxy) is 1. The summed E-state index contributed by atoms with van der Waals surface area (Å²) < 4.78 is 27.9. The van der Waals surface area contributed by atoms with Crippen molar-refractivity contribution >= 4 is 23.3 Å². The van der Waals surface area contributed by atoms with E-state index in [1.165, 1.54) is 0 Å². The van der Waals surface area contributed by atoms with Crippen molar-refractivity contribution in [2.24, 2.45) is 0 Å². The summed E-state index contributed by atoms with van der Waals surface area (Å²) in [5.41, 5.74) is -0.948. The van der Waals surface area contributed by atoms with E-state index in [2.05, 4.69) is 4.74 Å². The van der Waals surface area contributed by atoms with E-state index >= 15 is 0 Å². The van der Waals surface area contributed by atoms with Gasteiger partial charge in [-0.1, -0.05) is 11.6 Å². The quantitative estimate of drug-likeness (QED) is 0.661. The summed E-state index contributed by atoms with van der Waals surface area (Å²) in [6.07, 6.45) is -0.690. The summed E-state index contributed by atoms with van der Waals surface area (Å²) in [5, 5.41) is 19.0. The van der Waals surface area contributed by atoms with Crippen molar-refractivity contribution < 1.29 is 28.3 Å². The van der Waals surface area contributed by atoms with Gasteiger partial charge >= 0.3 is 12.6 Å². The van der Waals surface area contributed by atoms with Crippen LogP contribution in [0.2, 0.25) is 5.02 Å². The molecule has 0 radical (unpaired) electrons. The molecule has 0 saturated carbocycles. The molecule has 0 spiro atoms. The van der Waals surface area contributed by atoms with Crippen molar-refractivity contribution in [3.63, 3.8) is 0 Å². The zero-order valence-electron chi connectivity index (χ0n) is 8.60. The molecule has 0 aliphatic carbocycles. The van der Waals surface area contributed by atoms with Gasteiger partial charge in [-0.2, -0.15) is 8.78 Å². The lowest BCUT2D eigenvalue weighted by Crippen LogP contribution is -2.07. The molecule has 0 bridgehead atoms. The molecule has 9 heteroatoms. The van der Waals surface area contributed by atoms with Crippen LogP contribution in [0.15, 0.2) is 12.1 Å². The van der Waals surface area contributed by atoms with Crippen molar-refractivity contribution in [3.8, 4) is 5.75 Å². The van der Waals surface area contributed by atoms with E-state index in [4.69, 9.17) is 16.7 Å². The van der Waals surface area contributed by atoms with Crippen LogP contribution in [0.4, 0.5) is 14.5 Å². The Morgan fingerprint density at radius 2 is 2.17 bits per heavy atom. The van der Waals surface area contributed by atoms with Crippen molar-refractivity contribution in [2.45, 2.75) is 13.0 Å². The first-order chi connectivity index (χ1) is 8.31. The smallest absolute Gasteiger partial charge is 0.387 e. The molecule has 1 aromatic carbocycles. The number of nitro groups is 1. The molecule has 0 unspecified atom stereocenters. The van der Waals surface area contributed by atoms with Crippen LogP contribution in [0.25, 0.3) is 0 Å². The first kappa shape index (κ1) is 14.1. The average molecular weight is 282 g/mol. The van der Waals surface area contributed by atoms with Crippen molar-refractivity contribution in [3.05, 3.63) is 32.8 Å². The number of hydrogen-bond donors (Lipinski definition) is 1. The molecule has 0 fully saturated rings. The maximum absolute atomic E-state index is 12.0. The van der Waals surface area contributed by atoms with Crippen LogP contribution in [0.5, 0.6) is 5.75 Å². The summed E-state index contributed by atoms with van der Waals surface area (Å²) in [5.74, 6) is -1.83. The largest absolute Gasteiger partial charge is 0.481 e. The van der Waals surface area contributed by atoms with Crippen LogP contribution < -0.4 is 4.74 Å². The number of nitrogens with zero attached hydrogens (tertiary/aromatic N) is 1. The summed E-state index contributed by atoms with van der Waals surface area (Å²) in [6, 6.07) is 1.61. The Balaban J connectivity index is 3.26. The number of benzene rings is 1. The van der Waals surface area contributed by atoms with Gasteiger partial charge in [0.05, 0.1) is 28.0 Å². The summed E-state index contributed by atoms with van der Waals surface area (Å²) >= 11 is 5.61. The van der Waals surface area contributed by atoms with E-state index in [0.29, 0.717) is 6.07 Å². The normalized spacial score (nSPS) is 10.4.